The zero-order valence-corrected chi connectivity index (χ0v) is 21.7. The molecule has 1 saturated heterocycles. The van der Waals surface area contributed by atoms with Crippen LogP contribution in [0.25, 0.3) is 6.08 Å². The average Bonchev–Trinajstić information content (AvgIpc) is 3.02. The van der Waals surface area contributed by atoms with E-state index < -0.39 is 23.7 Å². The zero-order valence-electron chi connectivity index (χ0n) is 17.9. The van der Waals surface area contributed by atoms with E-state index in [2.05, 4.69) is 22.6 Å². The third-order valence-electron chi connectivity index (χ3n) is 4.39. The molecular weight excluding hydrogens is 581 g/mol. The Morgan fingerprint density at radius 3 is 2.52 bits per heavy atom. The predicted octanol–water partition coefficient (Wildman–Crippen LogP) is 5.52. The first kappa shape index (κ1) is 25.4. The third kappa shape index (κ3) is 6.64. The molecule has 7 nitrogen and oxygen atoms in total. The largest absolute Gasteiger partial charge is 0.490 e. The fourth-order valence-electron chi connectivity index (χ4n) is 2.93. The number of thioether (sulfide) groups is 1. The smallest absolute Gasteiger partial charge is 0.326 e. The van der Waals surface area contributed by atoms with Gasteiger partial charge < -0.3 is 14.2 Å². The molecule has 0 aromatic heterocycles. The van der Waals surface area contributed by atoms with Gasteiger partial charge >= 0.3 is 5.97 Å². The van der Waals surface area contributed by atoms with Crippen molar-refractivity contribution < 1.29 is 28.6 Å². The molecule has 1 aliphatic rings. The highest BCUT2D eigenvalue weighted by Crippen LogP contribution is 2.38. The Morgan fingerprint density at radius 2 is 1.85 bits per heavy atom. The first-order valence-electron chi connectivity index (χ1n) is 10.1. The van der Waals surface area contributed by atoms with Crippen LogP contribution in [0.2, 0.25) is 5.02 Å². The molecule has 2 aromatic carbocycles. The number of hydrogen-bond donors (Lipinski definition) is 0. The number of ether oxygens (including phenoxy) is 3. The first-order valence-corrected chi connectivity index (χ1v) is 12.3. The van der Waals surface area contributed by atoms with Crippen molar-refractivity contribution in [3.8, 4) is 11.5 Å². The Hall–Kier alpha value is -2.24. The van der Waals surface area contributed by atoms with Gasteiger partial charge in [-0.2, -0.15) is 0 Å². The van der Waals surface area contributed by atoms with Gasteiger partial charge in [-0.15, -0.1) is 0 Å². The summed E-state index contributed by atoms with van der Waals surface area (Å²) in [5.74, 6) is -0.0548. The van der Waals surface area contributed by atoms with Gasteiger partial charge in [-0.3, -0.25) is 19.3 Å². The highest BCUT2D eigenvalue weighted by molar-refractivity contribution is 14.1. The maximum atomic E-state index is 12.6. The monoisotopic (exact) mass is 601 g/mol. The molecule has 2 amide bonds. The summed E-state index contributed by atoms with van der Waals surface area (Å²) in [4.78, 5) is 37.7. The number of halogens is 2. The quantitative estimate of drug-likeness (QED) is 0.213. The highest BCUT2D eigenvalue weighted by Gasteiger charge is 2.36. The summed E-state index contributed by atoms with van der Waals surface area (Å²) in [6, 6.07) is 11.0. The summed E-state index contributed by atoms with van der Waals surface area (Å²) in [6.45, 7) is 4.05. The summed E-state index contributed by atoms with van der Waals surface area (Å²) in [5.41, 5.74) is 1.63. The molecule has 0 bridgehead atoms. The van der Waals surface area contributed by atoms with E-state index in [0.29, 0.717) is 35.3 Å². The van der Waals surface area contributed by atoms with Crippen LogP contribution in [0.4, 0.5) is 4.79 Å². The van der Waals surface area contributed by atoms with Gasteiger partial charge in [0, 0.05) is 5.02 Å². The van der Waals surface area contributed by atoms with Crippen LogP contribution in [0.15, 0.2) is 41.3 Å². The second kappa shape index (κ2) is 11.8. The highest BCUT2D eigenvalue weighted by atomic mass is 127. The predicted molar refractivity (Wildman–Crippen MR) is 135 cm³/mol. The average molecular weight is 602 g/mol. The molecule has 0 aliphatic carbocycles. The maximum Gasteiger partial charge on any atom is 0.326 e. The fourth-order valence-corrected chi connectivity index (χ4v) is 4.68. The summed E-state index contributed by atoms with van der Waals surface area (Å²) in [6.07, 6.45) is 1.60. The van der Waals surface area contributed by atoms with Gasteiger partial charge in [0.15, 0.2) is 11.5 Å². The molecule has 0 unspecified atom stereocenters. The Bertz CT molecular complexity index is 1090. The van der Waals surface area contributed by atoms with E-state index in [4.69, 9.17) is 25.8 Å². The minimum atomic E-state index is -0.628. The number of amides is 2. The van der Waals surface area contributed by atoms with Crippen molar-refractivity contribution in [2.24, 2.45) is 0 Å². The van der Waals surface area contributed by atoms with E-state index in [-0.39, 0.29) is 11.5 Å². The molecule has 0 atom stereocenters. The molecule has 10 heteroatoms. The van der Waals surface area contributed by atoms with E-state index in [9.17, 15) is 14.4 Å². The van der Waals surface area contributed by atoms with Gasteiger partial charge in [0.2, 0.25) is 0 Å². The lowest BCUT2D eigenvalue weighted by molar-refractivity contribution is -0.145. The lowest BCUT2D eigenvalue weighted by Crippen LogP contribution is -2.34. The minimum absolute atomic E-state index is 0.177. The molecule has 174 valence electrons. The Morgan fingerprint density at radius 1 is 1.12 bits per heavy atom. The number of rotatable bonds is 9. The number of carbonyl (C=O) groups is 3. The Kier molecular flexibility index (Phi) is 9.04. The van der Waals surface area contributed by atoms with Gasteiger partial charge in [0.1, 0.15) is 13.2 Å². The topological polar surface area (TPSA) is 82.1 Å². The van der Waals surface area contributed by atoms with Crippen LogP contribution in [0.5, 0.6) is 11.5 Å². The van der Waals surface area contributed by atoms with Crippen LogP contribution in [-0.4, -0.2) is 41.8 Å². The minimum Gasteiger partial charge on any atom is -0.490 e. The second-order valence-electron chi connectivity index (χ2n) is 6.75. The normalized spacial score (nSPS) is 14.7. The van der Waals surface area contributed by atoms with Gasteiger partial charge in [0.25, 0.3) is 11.1 Å². The number of hydrogen-bond acceptors (Lipinski definition) is 7. The Balaban J connectivity index is 1.81. The lowest BCUT2D eigenvalue weighted by Gasteiger charge is -2.15. The number of carbonyl (C=O) groups excluding carboxylic acids is 3. The number of esters is 1. The summed E-state index contributed by atoms with van der Waals surface area (Å²) < 4.78 is 17.4. The van der Waals surface area contributed by atoms with Gasteiger partial charge in [-0.1, -0.05) is 23.7 Å². The van der Waals surface area contributed by atoms with Crippen LogP contribution in [0, 0.1) is 3.57 Å². The van der Waals surface area contributed by atoms with Crippen molar-refractivity contribution in [2.75, 3.05) is 19.8 Å². The van der Waals surface area contributed by atoms with E-state index in [1.165, 1.54) is 0 Å². The summed E-state index contributed by atoms with van der Waals surface area (Å²) >= 11 is 8.85. The van der Waals surface area contributed by atoms with Crippen molar-refractivity contribution in [1.82, 2.24) is 4.90 Å². The maximum absolute atomic E-state index is 12.6. The standard InChI is InChI=1S/C23H21ClINO6S/c1-3-30-18-10-15(9-17(25)21(18)32-13-14-5-7-16(24)8-6-14)11-19-22(28)26(23(29)33-19)12-20(27)31-4-2/h5-11H,3-4,12-13H2,1-2H3/b19-11-. The first-order chi connectivity index (χ1) is 15.8. The molecule has 1 aliphatic heterocycles. The molecule has 0 radical (unpaired) electrons. The number of imide groups is 1. The van der Waals surface area contributed by atoms with Gasteiger partial charge in [-0.05, 0) is 89.7 Å². The number of benzene rings is 2. The van der Waals surface area contributed by atoms with E-state index in [1.54, 1.807) is 31.2 Å². The number of nitrogens with zero attached hydrogens (tertiary/aromatic N) is 1. The molecule has 1 fully saturated rings. The summed E-state index contributed by atoms with van der Waals surface area (Å²) in [7, 11) is 0. The van der Waals surface area contributed by atoms with Crippen LogP contribution < -0.4 is 9.47 Å². The van der Waals surface area contributed by atoms with Crippen LogP contribution in [-0.2, 0) is 20.9 Å². The molecule has 33 heavy (non-hydrogen) atoms. The van der Waals surface area contributed by atoms with E-state index >= 15 is 0 Å². The van der Waals surface area contributed by atoms with Crippen LogP contribution >= 0.6 is 46.0 Å². The molecule has 3 rings (SSSR count). The Labute approximate surface area is 214 Å². The van der Waals surface area contributed by atoms with Gasteiger partial charge in [-0.25, -0.2) is 0 Å². The van der Waals surface area contributed by atoms with E-state index in [1.807, 2.05) is 25.1 Å². The van der Waals surface area contributed by atoms with Crippen molar-refractivity contribution in [3.05, 3.63) is 61.0 Å². The van der Waals surface area contributed by atoms with Crippen molar-refractivity contribution in [3.63, 3.8) is 0 Å². The van der Waals surface area contributed by atoms with Crippen LogP contribution in [0.3, 0.4) is 0 Å². The molecule has 0 N–H and O–H groups in total. The zero-order chi connectivity index (χ0) is 24.0. The van der Waals surface area contributed by atoms with E-state index in [0.717, 1.165) is 25.8 Å². The van der Waals surface area contributed by atoms with Crippen molar-refractivity contribution >= 4 is 69.1 Å². The van der Waals surface area contributed by atoms with Gasteiger partial charge in [0.05, 0.1) is 21.7 Å². The molecule has 1 heterocycles. The third-order valence-corrected chi connectivity index (χ3v) is 6.35. The summed E-state index contributed by atoms with van der Waals surface area (Å²) in [5, 5.41) is 0.140. The van der Waals surface area contributed by atoms with Crippen molar-refractivity contribution in [2.45, 2.75) is 20.5 Å². The molecule has 2 aromatic rings. The lowest BCUT2D eigenvalue weighted by atomic mass is 10.1. The van der Waals surface area contributed by atoms with Crippen molar-refractivity contribution in [1.29, 1.82) is 0 Å². The molecule has 0 saturated carbocycles. The molecular formula is C23H21ClINO6S. The van der Waals surface area contributed by atoms with Crippen LogP contribution in [0.1, 0.15) is 25.0 Å². The second-order valence-corrected chi connectivity index (χ2v) is 9.34. The fraction of sp³-hybridized carbons (Fsp3) is 0.261. The SMILES string of the molecule is CCOC(=O)CN1C(=O)S/C(=C\c2cc(I)c(OCc3ccc(Cl)cc3)c(OCC)c2)C1=O. The molecule has 0 spiro atoms.